The van der Waals surface area contributed by atoms with Crippen LogP contribution in [0.3, 0.4) is 0 Å². The van der Waals surface area contributed by atoms with Crippen molar-refractivity contribution in [1.82, 2.24) is 24.5 Å². The molecule has 0 bridgehead atoms. The van der Waals surface area contributed by atoms with E-state index in [0.717, 1.165) is 22.9 Å². The van der Waals surface area contributed by atoms with Gasteiger partial charge in [-0.2, -0.15) is 18.2 Å². The van der Waals surface area contributed by atoms with Gasteiger partial charge in [0, 0.05) is 35.4 Å². The second-order valence-electron chi connectivity index (χ2n) is 8.08. The summed E-state index contributed by atoms with van der Waals surface area (Å²) in [4.78, 5) is 22.6. The van der Waals surface area contributed by atoms with E-state index in [1.165, 1.54) is 0 Å². The van der Waals surface area contributed by atoms with E-state index in [1.807, 2.05) is 29.2 Å². The molecule has 3 heterocycles. The number of carbonyl (C=O) groups is 1. The SMILES string of the molecule is Cc1nc2nc(C(F)(F)F)nn2c(C)c1CCC(=O)N1CCCC1Cc1ccccc1Cl. The van der Waals surface area contributed by atoms with E-state index < -0.39 is 12.0 Å². The average molecular weight is 466 g/mol. The van der Waals surface area contributed by atoms with Gasteiger partial charge in [0.15, 0.2) is 0 Å². The van der Waals surface area contributed by atoms with Crippen molar-refractivity contribution in [3.8, 4) is 0 Å². The van der Waals surface area contributed by atoms with Crippen molar-refractivity contribution in [3.63, 3.8) is 0 Å². The first-order chi connectivity index (χ1) is 15.1. The van der Waals surface area contributed by atoms with E-state index >= 15 is 0 Å². The van der Waals surface area contributed by atoms with Gasteiger partial charge in [0.2, 0.25) is 5.91 Å². The topological polar surface area (TPSA) is 63.4 Å². The van der Waals surface area contributed by atoms with Gasteiger partial charge >= 0.3 is 6.18 Å². The molecule has 6 nitrogen and oxygen atoms in total. The van der Waals surface area contributed by atoms with Crippen LogP contribution in [0.25, 0.3) is 5.78 Å². The van der Waals surface area contributed by atoms with Crippen LogP contribution in [0.1, 0.15) is 47.6 Å². The number of halogens is 4. The summed E-state index contributed by atoms with van der Waals surface area (Å²) in [6.45, 7) is 4.08. The molecule has 0 aliphatic carbocycles. The van der Waals surface area contributed by atoms with Crippen LogP contribution in [0.4, 0.5) is 13.2 Å². The molecule has 1 fully saturated rings. The third-order valence-corrected chi connectivity index (χ3v) is 6.37. The zero-order chi connectivity index (χ0) is 23.0. The maximum Gasteiger partial charge on any atom is 0.453 e. The summed E-state index contributed by atoms with van der Waals surface area (Å²) in [5.74, 6) is -1.30. The Kier molecular flexibility index (Phi) is 6.11. The monoisotopic (exact) mass is 465 g/mol. The fourth-order valence-electron chi connectivity index (χ4n) is 4.36. The number of benzene rings is 1. The molecule has 1 atom stereocenters. The predicted octanol–water partition coefficient (Wildman–Crippen LogP) is 4.58. The predicted molar refractivity (Wildman–Crippen MR) is 113 cm³/mol. The molecular formula is C22H23ClF3N5O. The van der Waals surface area contributed by atoms with Crippen LogP contribution in [0.5, 0.6) is 0 Å². The molecule has 0 spiro atoms. The number of hydrogen-bond donors (Lipinski definition) is 0. The lowest BCUT2D eigenvalue weighted by Crippen LogP contribution is -2.37. The van der Waals surface area contributed by atoms with E-state index in [-0.39, 0.29) is 24.1 Å². The Morgan fingerprint density at radius 1 is 1.22 bits per heavy atom. The van der Waals surface area contributed by atoms with Gasteiger partial charge < -0.3 is 4.90 Å². The summed E-state index contributed by atoms with van der Waals surface area (Å²) >= 11 is 6.29. The van der Waals surface area contributed by atoms with Crippen LogP contribution in [0.2, 0.25) is 5.02 Å². The summed E-state index contributed by atoms with van der Waals surface area (Å²) in [6.07, 6.45) is -1.47. The Hall–Kier alpha value is -2.68. The fraction of sp³-hybridized carbons (Fsp3) is 0.455. The van der Waals surface area contributed by atoms with Crippen molar-refractivity contribution in [2.24, 2.45) is 0 Å². The molecule has 2 aromatic heterocycles. The molecule has 170 valence electrons. The van der Waals surface area contributed by atoms with Crippen molar-refractivity contribution >= 4 is 23.3 Å². The Labute approximate surface area is 188 Å². The second kappa shape index (κ2) is 8.69. The summed E-state index contributed by atoms with van der Waals surface area (Å²) in [7, 11) is 0. The molecule has 0 radical (unpaired) electrons. The highest BCUT2D eigenvalue weighted by atomic mass is 35.5. The molecule has 1 aromatic carbocycles. The van der Waals surface area contributed by atoms with Crippen LogP contribution in [0, 0.1) is 13.8 Å². The molecule has 10 heteroatoms. The number of rotatable bonds is 5. The van der Waals surface area contributed by atoms with Gasteiger partial charge in [0.25, 0.3) is 11.6 Å². The summed E-state index contributed by atoms with van der Waals surface area (Å²) in [6, 6.07) is 7.73. The van der Waals surface area contributed by atoms with Crippen LogP contribution < -0.4 is 0 Å². The quantitative estimate of drug-likeness (QED) is 0.553. The van der Waals surface area contributed by atoms with Gasteiger partial charge in [0.05, 0.1) is 0 Å². The molecule has 3 aromatic rings. The van der Waals surface area contributed by atoms with E-state index in [9.17, 15) is 18.0 Å². The van der Waals surface area contributed by atoms with E-state index in [4.69, 9.17) is 11.6 Å². The Morgan fingerprint density at radius 3 is 2.69 bits per heavy atom. The third kappa shape index (κ3) is 4.44. The minimum atomic E-state index is -4.64. The lowest BCUT2D eigenvalue weighted by atomic mass is 10.0. The summed E-state index contributed by atoms with van der Waals surface area (Å²) in [5.41, 5.74) is 2.80. The molecule has 0 saturated carbocycles. The maximum atomic E-state index is 13.0. The Bertz CT molecular complexity index is 1160. The smallest absolute Gasteiger partial charge is 0.339 e. The number of alkyl halides is 3. The lowest BCUT2D eigenvalue weighted by Gasteiger charge is -2.25. The van der Waals surface area contributed by atoms with Crippen molar-refractivity contribution in [2.75, 3.05) is 6.54 Å². The minimum absolute atomic E-state index is 0.0213. The number of aromatic nitrogens is 4. The fourth-order valence-corrected chi connectivity index (χ4v) is 4.57. The van der Waals surface area contributed by atoms with Crippen LogP contribution >= 0.6 is 11.6 Å². The molecular weight excluding hydrogens is 443 g/mol. The number of likely N-dealkylation sites (tertiary alicyclic amines) is 1. The van der Waals surface area contributed by atoms with E-state index in [0.29, 0.717) is 41.4 Å². The highest BCUT2D eigenvalue weighted by molar-refractivity contribution is 6.31. The molecule has 1 saturated heterocycles. The van der Waals surface area contributed by atoms with Crippen molar-refractivity contribution in [1.29, 1.82) is 0 Å². The van der Waals surface area contributed by atoms with Crippen molar-refractivity contribution < 1.29 is 18.0 Å². The zero-order valence-electron chi connectivity index (χ0n) is 17.8. The van der Waals surface area contributed by atoms with E-state index in [1.54, 1.807) is 13.8 Å². The Morgan fingerprint density at radius 2 is 1.97 bits per heavy atom. The standard InChI is InChI=1S/C22H23ClF3N5O/c1-13-17(14(2)31-21(27-13)28-20(29-31)22(24,25)26)9-10-19(32)30-11-5-7-16(30)12-15-6-3-4-8-18(15)23/h3-4,6,8,16H,5,7,9-12H2,1-2H3. The minimum Gasteiger partial charge on any atom is -0.339 e. The van der Waals surface area contributed by atoms with Gasteiger partial charge in [0.1, 0.15) is 0 Å². The molecule has 1 aliphatic rings. The normalized spacial score (nSPS) is 16.8. The highest BCUT2D eigenvalue weighted by Crippen LogP contribution is 2.28. The highest BCUT2D eigenvalue weighted by Gasteiger charge is 2.37. The first-order valence-corrected chi connectivity index (χ1v) is 10.9. The maximum absolute atomic E-state index is 13.0. The lowest BCUT2D eigenvalue weighted by molar-refractivity contribution is -0.144. The zero-order valence-corrected chi connectivity index (χ0v) is 18.5. The average Bonchev–Trinajstić information content (AvgIpc) is 3.36. The first kappa shape index (κ1) is 22.5. The van der Waals surface area contributed by atoms with Gasteiger partial charge in [-0.3, -0.25) is 4.79 Å². The van der Waals surface area contributed by atoms with Crippen molar-refractivity contribution in [2.45, 2.75) is 58.2 Å². The van der Waals surface area contributed by atoms with Crippen LogP contribution in [-0.4, -0.2) is 43.0 Å². The first-order valence-electron chi connectivity index (χ1n) is 10.5. The summed E-state index contributed by atoms with van der Waals surface area (Å²) in [5, 5.41) is 4.26. The number of fused-ring (bicyclic) bond motifs is 1. The molecule has 1 aliphatic heterocycles. The van der Waals surface area contributed by atoms with Gasteiger partial charge in [-0.05, 0) is 56.7 Å². The number of hydrogen-bond acceptors (Lipinski definition) is 4. The van der Waals surface area contributed by atoms with Gasteiger partial charge in [-0.1, -0.05) is 29.8 Å². The Balaban J connectivity index is 1.49. The van der Waals surface area contributed by atoms with Gasteiger partial charge in [-0.15, -0.1) is 5.10 Å². The van der Waals surface area contributed by atoms with Gasteiger partial charge in [-0.25, -0.2) is 9.50 Å². The third-order valence-electron chi connectivity index (χ3n) is 6.00. The molecule has 32 heavy (non-hydrogen) atoms. The molecule has 0 N–H and O–H groups in total. The van der Waals surface area contributed by atoms with E-state index in [2.05, 4.69) is 15.1 Å². The number of nitrogens with zero attached hydrogens (tertiary/aromatic N) is 5. The molecule has 1 unspecified atom stereocenters. The van der Waals surface area contributed by atoms with Crippen molar-refractivity contribution in [3.05, 3.63) is 57.6 Å². The second-order valence-corrected chi connectivity index (χ2v) is 8.49. The molecule has 4 rings (SSSR count). The van der Waals surface area contributed by atoms with Crippen LogP contribution in [0.15, 0.2) is 24.3 Å². The molecule has 1 amide bonds. The number of amides is 1. The number of aryl methyl sites for hydroxylation is 2. The largest absolute Gasteiger partial charge is 0.453 e. The summed E-state index contributed by atoms with van der Waals surface area (Å²) < 4.78 is 40.0. The number of carbonyl (C=O) groups excluding carboxylic acids is 1. The van der Waals surface area contributed by atoms with Crippen LogP contribution in [-0.2, 0) is 23.8 Å².